The summed E-state index contributed by atoms with van der Waals surface area (Å²) in [6, 6.07) is 0. The lowest BCUT2D eigenvalue weighted by molar-refractivity contribution is 0.283. The van der Waals surface area contributed by atoms with Crippen LogP contribution in [0.25, 0.3) is 0 Å². The predicted octanol–water partition coefficient (Wildman–Crippen LogP) is 3.45. The lowest BCUT2D eigenvalue weighted by Gasteiger charge is -2.09. The summed E-state index contributed by atoms with van der Waals surface area (Å²) in [6.45, 7) is 0.296. The standard InChI is InChI=1S/C12H19FOS/c13-11-6-5-7-12(10-11)15-9-4-2-1-3-8-14/h5,7,10-11,14H,1-4,6,8-9H2. The third-order valence-electron chi connectivity index (χ3n) is 2.31. The number of unbranched alkanes of at least 4 members (excludes halogenated alkanes) is 3. The third kappa shape index (κ3) is 6.00. The molecule has 3 heteroatoms. The Bertz CT molecular complexity index is 226. The van der Waals surface area contributed by atoms with E-state index in [9.17, 15) is 4.39 Å². The molecule has 15 heavy (non-hydrogen) atoms. The van der Waals surface area contributed by atoms with Crippen molar-refractivity contribution in [1.82, 2.24) is 0 Å². The molecule has 0 saturated carbocycles. The van der Waals surface area contributed by atoms with Crippen molar-refractivity contribution in [3.05, 3.63) is 23.1 Å². The highest BCUT2D eigenvalue weighted by atomic mass is 32.2. The summed E-state index contributed by atoms with van der Waals surface area (Å²) >= 11 is 1.73. The Balaban J connectivity index is 2.02. The van der Waals surface area contributed by atoms with Crippen molar-refractivity contribution >= 4 is 11.8 Å². The molecule has 0 aromatic heterocycles. The smallest absolute Gasteiger partial charge is 0.123 e. The van der Waals surface area contributed by atoms with Gasteiger partial charge < -0.3 is 5.11 Å². The average Bonchev–Trinajstić information content (AvgIpc) is 2.23. The largest absolute Gasteiger partial charge is 0.396 e. The average molecular weight is 230 g/mol. The van der Waals surface area contributed by atoms with E-state index in [-0.39, 0.29) is 0 Å². The predicted molar refractivity (Wildman–Crippen MR) is 64.7 cm³/mol. The fourth-order valence-corrected chi connectivity index (χ4v) is 2.49. The van der Waals surface area contributed by atoms with Gasteiger partial charge in [-0.15, -0.1) is 11.8 Å². The molecule has 1 rings (SSSR count). The Labute approximate surface area is 95.5 Å². The van der Waals surface area contributed by atoms with E-state index in [0.29, 0.717) is 13.0 Å². The zero-order valence-corrected chi connectivity index (χ0v) is 9.81. The second-order valence-electron chi connectivity index (χ2n) is 3.71. The second kappa shape index (κ2) is 7.94. The summed E-state index contributed by atoms with van der Waals surface area (Å²) in [5.41, 5.74) is 0. The molecule has 0 radical (unpaired) electrons. The molecular formula is C12H19FOS. The van der Waals surface area contributed by atoms with Crippen LogP contribution in [0.3, 0.4) is 0 Å². The molecule has 86 valence electrons. The van der Waals surface area contributed by atoms with Crippen molar-refractivity contribution in [2.24, 2.45) is 0 Å². The molecule has 0 aromatic rings. The number of allylic oxidation sites excluding steroid dienone is 3. The van der Waals surface area contributed by atoms with Crippen LogP contribution in [0.2, 0.25) is 0 Å². The maximum atomic E-state index is 12.9. The van der Waals surface area contributed by atoms with Gasteiger partial charge in [-0.1, -0.05) is 25.0 Å². The summed E-state index contributed by atoms with van der Waals surface area (Å²) in [5, 5.41) is 8.59. The fourth-order valence-electron chi connectivity index (χ4n) is 1.47. The van der Waals surface area contributed by atoms with Gasteiger partial charge in [0.15, 0.2) is 0 Å². The van der Waals surface area contributed by atoms with Crippen molar-refractivity contribution < 1.29 is 9.50 Å². The van der Waals surface area contributed by atoms with Crippen LogP contribution >= 0.6 is 11.8 Å². The Hall–Kier alpha value is -0.280. The third-order valence-corrected chi connectivity index (χ3v) is 3.41. The van der Waals surface area contributed by atoms with Gasteiger partial charge in [0.25, 0.3) is 0 Å². The molecule has 0 amide bonds. The Kier molecular flexibility index (Phi) is 6.77. The molecule has 1 atom stereocenters. The highest BCUT2D eigenvalue weighted by Gasteiger charge is 2.06. The number of aliphatic hydroxyl groups excluding tert-OH is 1. The number of rotatable bonds is 7. The highest BCUT2D eigenvalue weighted by Crippen LogP contribution is 2.24. The lowest BCUT2D eigenvalue weighted by atomic mass is 10.2. The van der Waals surface area contributed by atoms with Crippen molar-refractivity contribution in [1.29, 1.82) is 0 Å². The van der Waals surface area contributed by atoms with Crippen LogP contribution < -0.4 is 0 Å². The van der Waals surface area contributed by atoms with Gasteiger partial charge in [0, 0.05) is 17.9 Å². The number of halogens is 1. The molecule has 0 aliphatic heterocycles. The Morgan fingerprint density at radius 3 is 2.87 bits per heavy atom. The Morgan fingerprint density at radius 1 is 1.33 bits per heavy atom. The minimum absolute atomic E-state index is 0.296. The quantitative estimate of drug-likeness (QED) is 0.676. The molecule has 1 aliphatic carbocycles. The summed E-state index contributed by atoms with van der Waals surface area (Å²) in [6.07, 6.45) is 9.66. The van der Waals surface area contributed by atoms with Crippen LogP contribution in [-0.2, 0) is 0 Å². The molecule has 0 saturated heterocycles. The molecule has 1 unspecified atom stereocenters. The van der Waals surface area contributed by atoms with Crippen molar-refractivity contribution in [3.8, 4) is 0 Å². The number of alkyl halides is 1. The van der Waals surface area contributed by atoms with Crippen molar-refractivity contribution in [3.63, 3.8) is 0 Å². The van der Waals surface area contributed by atoms with E-state index in [1.54, 1.807) is 17.8 Å². The van der Waals surface area contributed by atoms with Gasteiger partial charge in [0.2, 0.25) is 0 Å². The van der Waals surface area contributed by atoms with Crippen LogP contribution in [0, 0.1) is 0 Å². The van der Waals surface area contributed by atoms with E-state index in [4.69, 9.17) is 5.11 Å². The van der Waals surface area contributed by atoms with Gasteiger partial charge in [-0.2, -0.15) is 0 Å². The molecular weight excluding hydrogens is 211 g/mol. The van der Waals surface area contributed by atoms with Crippen molar-refractivity contribution in [2.75, 3.05) is 12.4 Å². The van der Waals surface area contributed by atoms with E-state index in [0.717, 1.165) is 36.3 Å². The maximum Gasteiger partial charge on any atom is 0.123 e. The van der Waals surface area contributed by atoms with Gasteiger partial charge in [0.1, 0.15) is 6.17 Å². The van der Waals surface area contributed by atoms with Crippen LogP contribution in [0.4, 0.5) is 4.39 Å². The molecule has 0 bridgehead atoms. The first kappa shape index (κ1) is 12.8. The topological polar surface area (TPSA) is 20.2 Å². The summed E-state index contributed by atoms with van der Waals surface area (Å²) < 4.78 is 12.9. The van der Waals surface area contributed by atoms with Gasteiger partial charge in [-0.25, -0.2) is 4.39 Å². The zero-order chi connectivity index (χ0) is 10.9. The maximum absolute atomic E-state index is 12.9. The van der Waals surface area contributed by atoms with E-state index < -0.39 is 6.17 Å². The van der Waals surface area contributed by atoms with Gasteiger partial charge >= 0.3 is 0 Å². The first-order valence-electron chi connectivity index (χ1n) is 5.59. The SMILES string of the molecule is OCCCCCCSC1=CC(F)CC=C1. The second-order valence-corrected chi connectivity index (χ2v) is 4.88. The van der Waals surface area contributed by atoms with Gasteiger partial charge in [0.05, 0.1) is 0 Å². The molecule has 1 N–H and O–H groups in total. The molecule has 0 fully saturated rings. The minimum Gasteiger partial charge on any atom is -0.396 e. The number of hydrogen-bond acceptors (Lipinski definition) is 2. The number of thioether (sulfide) groups is 1. The summed E-state index contributed by atoms with van der Waals surface area (Å²) in [7, 11) is 0. The van der Waals surface area contributed by atoms with Crippen LogP contribution in [0.5, 0.6) is 0 Å². The van der Waals surface area contributed by atoms with E-state index >= 15 is 0 Å². The molecule has 1 nitrogen and oxygen atoms in total. The van der Waals surface area contributed by atoms with E-state index in [2.05, 4.69) is 0 Å². The molecule has 1 aliphatic rings. The lowest BCUT2D eigenvalue weighted by Crippen LogP contribution is -1.98. The first-order valence-corrected chi connectivity index (χ1v) is 6.57. The zero-order valence-electron chi connectivity index (χ0n) is 8.99. The van der Waals surface area contributed by atoms with Crippen LogP contribution in [-0.4, -0.2) is 23.6 Å². The molecule has 0 aromatic carbocycles. The van der Waals surface area contributed by atoms with Crippen LogP contribution in [0.1, 0.15) is 32.1 Å². The van der Waals surface area contributed by atoms with Crippen LogP contribution in [0.15, 0.2) is 23.1 Å². The van der Waals surface area contributed by atoms with E-state index in [1.165, 1.54) is 0 Å². The molecule has 0 heterocycles. The normalized spacial score (nSPS) is 20.4. The van der Waals surface area contributed by atoms with Gasteiger partial charge in [-0.05, 0) is 24.7 Å². The summed E-state index contributed by atoms with van der Waals surface area (Å²) in [4.78, 5) is 1.07. The van der Waals surface area contributed by atoms with Crippen molar-refractivity contribution in [2.45, 2.75) is 38.3 Å². The summed E-state index contributed by atoms with van der Waals surface area (Å²) in [5.74, 6) is 1.05. The minimum atomic E-state index is -0.785. The first-order chi connectivity index (χ1) is 7.33. The number of hydrogen-bond donors (Lipinski definition) is 1. The Morgan fingerprint density at radius 2 is 2.13 bits per heavy atom. The highest BCUT2D eigenvalue weighted by molar-refractivity contribution is 8.03. The monoisotopic (exact) mass is 230 g/mol. The fraction of sp³-hybridized carbons (Fsp3) is 0.667. The molecule has 0 spiro atoms. The number of aliphatic hydroxyl groups is 1. The van der Waals surface area contributed by atoms with Gasteiger partial charge in [-0.3, -0.25) is 0 Å². The van der Waals surface area contributed by atoms with E-state index in [1.807, 2.05) is 12.2 Å².